The van der Waals surface area contributed by atoms with E-state index in [0.717, 1.165) is 5.56 Å². The monoisotopic (exact) mass is 905 g/mol. The molecule has 0 spiro atoms. The number of carbonyl (C=O) groups excluding carboxylic acids is 5. The molecule has 0 saturated heterocycles. The van der Waals surface area contributed by atoms with Gasteiger partial charge >= 0.3 is 24.1 Å². The molecule has 61 heavy (non-hydrogen) atoms. The van der Waals surface area contributed by atoms with Crippen molar-refractivity contribution in [3.63, 3.8) is 0 Å². The molecular weight excluding hydrogens is 854 g/mol. The van der Waals surface area contributed by atoms with Gasteiger partial charge in [-0.2, -0.15) is 0 Å². The molecule has 0 aliphatic carbocycles. The van der Waals surface area contributed by atoms with Crippen molar-refractivity contribution >= 4 is 46.0 Å². The van der Waals surface area contributed by atoms with E-state index in [2.05, 4.69) is 31.9 Å². The van der Waals surface area contributed by atoms with Crippen molar-refractivity contribution in [3.8, 4) is 23.0 Å². The molecule has 0 heterocycles. The van der Waals surface area contributed by atoms with E-state index >= 15 is 0 Å². The van der Waals surface area contributed by atoms with Gasteiger partial charge in [0.15, 0.2) is 11.5 Å². The van der Waals surface area contributed by atoms with Crippen molar-refractivity contribution in [2.75, 3.05) is 33.3 Å². The standard InChI is InChI=1S/C45H52BrN3O12/c1-45(2,3)61-44(54)49-37(42(52)58-23-22-46)25-30-14-19-34(20-15-30)60-39-27-32(16-21-38(39)56-5)26-36(41(51)57-6)47-40(50)35(24-29-12-17-33(55-4)18-13-29)48-43(53)59-28-31-10-8-7-9-11-31/h7-21,27,35-37H,22-26,28H2,1-6H3,(H,47,50)(H,48,53)(H,49,54)/t35-,36-,37-/m0/s1. The molecule has 0 unspecified atom stereocenters. The zero-order valence-electron chi connectivity index (χ0n) is 35.0. The number of hydrogen-bond acceptors (Lipinski definition) is 12. The third-order valence-corrected chi connectivity index (χ3v) is 9.10. The van der Waals surface area contributed by atoms with Crippen LogP contribution in [0.5, 0.6) is 23.0 Å². The van der Waals surface area contributed by atoms with Crippen LogP contribution in [0, 0.1) is 0 Å². The number of esters is 2. The Balaban J connectivity index is 1.49. The predicted molar refractivity (Wildman–Crippen MR) is 229 cm³/mol. The number of rotatable bonds is 20. The number of carbonyl (C=O) groups is 5. The van der Waals surface area contributed by atoms with Crippen LogP contribution < -0.4 is 30.2 Å². The Labute approximate surface area is 363 Å². The minimum atomic E-state index is -1.16. The summed E-state index contributed by atoms with van der Waals surface area (Å²) in [5.41, 5.74) is 2.00. The zero-order chi connectivity index (χ0) is 44.4. The summed E-state index contributed by atoms with van der Waals surface area (Å²) in [5.74, 6) is -0.235. The fraction of sp³-hybridized carbons (Fsp3) is 0.356. The SMILES string of the molecule is COC(=O)[C@H](Cc1ccc(OC)c(Oc2ccc(C[C@H](NC(=O)OC(C)(C)C)C(=O)OCCBr)cc2)c1)NC(=O)[C@H](Cc1ccc(OC)cc1)NC(=O)OCc1ccccc1. The molecule has 3 atom stereocenters. The van der Waals surface area contributed by atoms with Gasteiger partial charge in [-0.3, -0.25) is 4.79 Å². The van der Waals surface area contributed by atoms with E-state index in [1.54, 1.807) is 107 Å². The van der Waals surface area contributed by atoms with Crippen LogP contribution in [0.15, 0.2) is 97.1 Å². The molecule has 4 rings (SSSR count). The molecule has 0 radical (unpaired) electrons. The summed E-state index contributed by atoms with van der Waals surface area (Å²) in [4.78, 5) is 65.3. The normalized spacial score (nSPS) is 12.4. The fourth-order valence-corrected chi connectivity index (χ4v) is 5.99. The average Bonchev–Trinajstić information content (AvgIpc) is 3.24. The smallest absolute Gasteiger partial charge is 0.408 e. The average molecular weight is 907 g/mol. The molecule has 4 aromatic carbocycles. The molecule has 0 saturated carbocycles. The molecule has 4 aromatic rings. The summed E-state index contributed by atoms with van der Waals surface area (Å²) in [6.45, 7) is 5.28. The third kappa shape index (κ3) is 16.0. The van der Waals surface area contributed by atoms with Crippen molar-refractivity contribution in [2.24, 2.45) is 0 Å². The van der Waals surface area contributed by atoms with Gasteiger partial charge in [0.2, 0.25) is 5.91 Å². The second kappa shape index (κ2) is 23.5. The molecule has 0 aliphatic rings. The molecule has 0 aromatic heterocycles. The maximum absolute atomic E-state index is 13.9. The number of alkyl halides is 1. The lowest BCUT2D eigenvalue weighted by atomic mass is 10.0. The maximum atomic E-state index is 13.9. The summed E-state index contributed by atoms with van der Waals surface area (Å²) in [5, 5.41) is 8.43. The molecule has 15 nitrogen and oxygen atoms in total. The molecular formula is C45H52BrN3O12. The van der Waals surface area contributed by atoms with Crippen LogP contribution in [0.4, 0.5) is 9.59 Å². The van der Waals surface area contributed by atoms with E-state index in [-0.39, 0.29) is 32.5 Å². The topological polar surface area (TPSA) is 186 Å². The molecule has 0 bridgehead atoms. The van der Waals surface area contributed by atoms with Crippen LogP contribution in [0.25, 0.3) is 0 Å². The number of nitrogens with one attached hydrogen (secondary N) is 3. The van der Waals surface area contributed by atoms with E-state index < -0.39 is 53.8 Å². The summed E-state index contributed by atoms with van der Waals surface area (Å²) < 4.78 is 38.1. The lowest BCUT2D eigenvalue weighted by Crippen LogP contribution is -2.53. The molecule has 16 heteroatoms. The second-order valence-corrected chi connectivity index (χ2v) is 15.4. The van der Waals surface area contributed by atoms with Crippen LogP contribution in [-0.4, -0.2) is 87.0 Å². The van der Waals surface area contributed by atoms with Gasteiger partial charge in [-0.1, -0.05) is 76.6 Å². The molecule has 0 aliphatic heterocycles. The summed E-state index contributed by atoms with van der Waals surface area (Å²) in [6, 6.07) is 24.7. The predicted octanol–water partition coefficient (Wildman–Crippen LogP) is 6.61. The molecule has 3 N–H and O–H groups in total. The highest BCUT2D eigenvalue weighted by Gasteiger charge is 2.29. The lowest BCUT2D eigenvalue weighted by Gasteiger charge is -2.23. The number of alkyl carbamates (subject to hydrolysis) is 2. The Bertz CT molecular complexity index is 2060. The molecule has 0 fully saturated rings. The van der Waals surface area contributed by atoms with Crippen molar-refractivity contribution in [1.29, 1.82) is 0 Å². The minimum absolute atomic E-state index is 0.0113. The number of hydrogen-bond donors (Lipinski definition) is 3. The van der Waals surface area contributed by atoms with Gasteiger partial charge in [0.25, 0.3) is 0 Å². The van der Waals surface area contributed by atoms with Crippen LogP contribution in [0.2, 0.25) is 0 Å². The zero-order valence-corrected chi connectivity index (χ0v) is 36.6. The first-order chi connectivity index (χ1) is 29.2. The van der Waals surface area contributed by atoms with E-state index in [4.69, 9.17) is 33.2 Å². The first-order valence-electron chi connectivity index (χ1n) is 19.3. The Kier molecular flexibility index (Phi) is 18.2. The number of amides is 3. The van der Waals surface area contributed by atoms with Gasteiger partial charge in [0, 0.05) is 24.6 Å². The van der Waals surface area contributed by atoms with Crippen molar-refractivity contribution in [1.82, 2.24) is 16.0 Å². The number of ether oxygens (including phenoxy) is 7. The summed E-state index contributed by atoms with van der Waals surface area (Å²) in [7, 11) is 4.24. The lowest BCUT2D eigenvalue weighted by molar-refractivity contribution is -0.145. The van der Waals surface area contributed by atoms with E-state index in [1.165, 1.54) is 14.2 Å². The quantitative estimate of drug-likeness (QED) is 0.0491. The Morgan fingerprint density at radius 2 is 1.16 bits per heavy atom. The number of methoxy groups -OCH3 is 3. The third-order valence-electron chi connectivity index (χ3n) is 8.78. The number of halogens is 1. The van der Waals surface area contributed by atoms with Crippen LogP contribution in [-0.2, 0) is 59.2 Å². The summed E-state index contributed by atoms with van der Waals surface area (Å²) in [6.07, 6.45) is -1.39. The molecule has 3 amide bonds. The second-order valence-electron chi connectivity index (χ2n) is 14.6. The first-order valence-corrected chi connectivity index (χ1v) is 20.5. The first kappa shape index (κ1) is 47.4. The largest absolute Gasteiger partial charge is 0.497 e. The maximum Gasteiger partial charge on any atom is 0.408 e. The number of benzene rings is 4. The Morgan fingerprint density at radius 3 is 1.75 bits per heavy atom. The van der Waals surface area contributed by atoms with Crippen molar-refractivity contribution in [3.05, 3.63) is 119 Å². The fourth-order valence-electron chi connectivity index (χ4n) is 5.82. The van der Waals surface area contributed by atoms with E-state index in [9.17, 15) is 24.0 Å². The highest BCUT2D eigenvalue weighted by molar-refractivity contribution is 9.09. The minimum Gasteiger partial charge on any atom is -0.497 e. The Hall–Kier alpha value is -6.29. The van der Waals surface area contributed by atoms with Gasteiger partial charge in [-0.15, -0.1) is 0 Å². The Morgan fingerprint density at radius 1 is 0.590 bits per heavy atom. The van der Waals surface area contributed by atoms with Crippen molar-refractivity contribution < 1.29 is 57.1 Å². The van der Waals surface area contributed by atoms with Gasteiger partial charge < -0.3 is 49.1 Å². The van der Waals surface area contributed by atoms with Gasteiger partial charge in [0.05, 0.1) is 21.3 Å². The highest BCUT2D eigenvalue weighted by atomic mass is 79.9. The molecule has 326 valence electrons. The van der Waals surface area contributed by atoms with E-state index in [0.29, 0.717) is 45.0 Å². The van der Waals surface area contributed by atoms with Crippen LogP contribution >= 0.6 is 15.9 Å². The summed E-state index contributed by atoms with van der Waals surface area (Å²) >= 11 is 3.23. The van der Waals surface area contributed by atoms with E-state index in [1.807, 2.05) is 18.2 Å². The van der Waals surface area contributed by atoms with Gasteiger partial charge in [-0.25, -0.2) is 19.2 Å². The van der Waals surface area contributed by atoms with Crippen molar-refractivity contribution in [2.45, 2.75) is 70.4 Å². The highest BCUT2D eigenvalue weighted by Crippen LogP contribution is 2.33. The van der Waals surface area contributed by atoms with Crippen LogP contribution in [0.3, 0.4) is 0 Å². The van der Waals surface area contributed by atoms with Crippen LogP contribution in [0.1, 0.15) is 43.0 Å². The van der Waals surface area contributed by atoms with Gasteiger partial charge in [-0.05, 0) is 79.4 Å². The van der Waals surface area contributed by atoms with Gasteiger partial charge in [0.1, 0.15) is 48.4 Å².